The molecule has 2 rings (SSSR count). The van der Waals surface area contributed by atoms with Gasteiger partial charge in [-0.2, -0.15) is 13.2 Å². The highest BCUT2D eigenvalue weighted by molar-refractivity contribution is 7.92. The lowest BCUT2D eigenvalue weighted by Gasteiger charge is -2.28. The van der Waals surface area contributed by atoms with Gasteiger partial charge >= 0.3 is 6.18 Å². The Morgan fingerprint density at radius 2 is 1.71 bits per heavy atom. The van der Waals surface area contributed by atoms with Gasteiger partial charge in [0, 0.05) is 5.69 Å². The molecule has 0 radical (unpaired) electrons. The van der Waals surface area contributed by atoms with Crippen molar-refractivity contribution < 1.29 is 30.8 Å². The second-order valence-corrected chi connectivity index (χ2v) is 8.16. The van der Waals surface area contributed by atoms with Gasteiger partial charge in [0.25, 0.3) is 0 Å². The van der Waals surface area contributed by atoms with Crippen molar-refractivity contribution in [2.24, 2.45) is 0 Å². The monoisotopic (exact) mass is 438 g/mol. The Morgan fingerprint density at radius 3 is 2.21 bits per heavy atom. The van der Waals surface area contributed by atoms with Gasteiger partial charge < -0.3 is 5.32 Å². The molecule has 0 aliphatic rings. The highest BCUT2D eigenvalue weighted by Crippen LogP contribution is 2.36. The lowest BCUT2D eigenvalue weighted by Crippen LogP contribution is -2.45. The van der Waals surface area contributed by atoms with Gasteiger partial charge in [-0.25, -0.2) is 12.8 Å². The molecule has 0 heterocycles. The molecule has 0 fully saturated rings. The highest BCUT2D eigenvalue weighted by Gasteiger charge is 2.34. The first kappa shape index (κ1) is 22.0. The van der Waals surface area contributed by atoms with Crippen LogP contribution in [-0.4, -0.2) is 26.6 Å². The minimum absolute atomic E-state index is 0.0265. The molecule has 0 aromatic heterocycles. The summed E-state index contributed by atoms with van der Waals surface area (Å²) in [4.78, 5) is 12.5. The van der Waals surface area contributed by atoms with E-state index in [1.165, 1.54) is 19.1 Å². The normalized spacial score (nSPS) is 13.1. The summed E-state index contributed by atoms with van der Waals surface area (Å²) in [5, 5.41) is 1.70. The van der Waals surface area contributed by atoms with Crippen LogP contribution in [0.5, 0.6) is 0 Å². The van der Waals surface area contributed by atoms with Crippen molar-refractivity contribution in [2.75, 3.05) is 15.9 Å². The quantitative estimate of drug-likeness (QED) is 0.708. The third kappa shape index (κ3) is 5.14. The van der Waals surface area contributed by atoms with Crippen LogP contribution in [0.3, 0.4) is 0 Å². The molecule has 5 nitrogen and oxygen atoms in total. The molecule has 2 aromatic carbocycles. The zero-order chi connectivity index (χ0) is 21.3. The molecule has 28 heavy (non-hydrogen) atoms. The molecule has 0 unspecified atom stereocenters. The van der Waals surface area contributed by atoms with E-state index in [2.05, 4.69) is 5.32 Å². The fourth-order valence-corrected chi connectivity index (χ4v) is 3.86. The second-order valence-electron chi connectivity index (χ2n) is 5.89. The third-order valence-electron chi connectivity index (χ3n) is 3.71. The van der Waals surface area contributed by atoms with Gasteiger partial charge in [0.15, 0.2) is 0 Å². The predicted octanol–water partition coefficient (Wildman–Crippen LogP) is 4.29. The van der Waals surface area contributed by atoms with Crippen LogP contribution in [0.4, 0.5) is 28.9 Å². The van der Waals surface area contributed by atoms with Crippen molar-refractivity contribution >= 4 is 38.9 Å². The van der Waals surface area contributed by atoms with Crippen LogP contribution in [0, 0.1) is 5.82 Å². The topological polar surface area (TPSA) is 66.5 Å². The summed E-state index contributed by atoms with van der Waals surface area (Å²) in [7, 11) is -3.96. The molecular weight excluding hydrogens is 424 g/mol. The summed E-state index contributed by atoms with van der Waals surface area (Å²) >= 11 is 5.53. The number of hydrogen-bond donors (Lipinski definition) is 1. The number of hydrogen-bond acceptors (Lipinski definition) is 3. The number of carbonyl (C=O) groups excluding carboxylic acids is 1. The van der Waals surface area contributed by atoms with Gasteiger partial charge in [0.1, 0.15) is 11.9 Å². The average Bonchev–Trinajstić information content (AvgIpc) is 2.56. The molecule has 2 aromatic rings. The standard InChI is InChI=1S/C17H15ClF4N2O3S/c1-10(24(28(2,26)27)13-6-3-11(19)4-7-13)16(25)23-12-5-8-15(18)14(9-12)17(20,21)22/h3-10H,1-2H3,(H,23,25)/t10-/m1/s1. The molecule has 1 N–H and O–H groups in total. The van der Waals surface area contributed by atoms with E-state index in [-0.39, 0.29) is 11.4 Å². The molecule has 0 aliphatic heterocycles. The number of halogens is 5. The third-order valence-corrected chi connectivity index (χ3v) is 5.28. The van der Waals surface area contributed by atoms with Crippen molar-refractivity contribution in [3.8, 4) is 0 Å². The number of amides is 1. The molecular formula is C17H15ClF4N2O3S. The maximum atomic E-state index is 13.1. The van der Waals surface area contributed by atoms with Crippen LogP contribution in [-0.2, 0) is 21.0 Å². The van der Waals surface area contributed by atoms with Crippen LogP contribution >= 0.6 is 11.6 Å². The maximum Gasteiger partial charge on any atom is 0.417 e. The molecule has 0 saturated carbocycles. The van der Waals surface area contributed by atoms with Crippen LogP contribution in [0.1, 0.15) is 12.5 Å². The smallest absolute Gasteiger partial charge is 0.324 e. The van der Waals surface area contributed by atoms with Gasteiger partial charge in [-0.3, -0.25) is 9.10 Å². The van der Waals surface area contributed by atoms with E-state index in [1.807, 2.05) is 0 Å². The molecule has 1 amide bonds. The maximum absolute atomic E-state index is 13.1. The number of alkyl halides is 3. The van der Waals surface area contributed by atoms with Gasteiger partial charge in [-0.05, 0) is 49.4 Å². The van der Waals surface area contributed by atoms with Gasteiger partial charge in [-0.1, -0.05) is 11.6 Å². The number of sulfonamides is 1. The fourth-order valence-electron chi connectivity index (χ4n) is 2.46. The Kier molecular flexibility index (Phi) is 6.24. The van der Waals surface area contributed by atoms with Crippen molar-refractivity contribution in [1.29, 1.82) is 0 Å². The number of rotatable bonds is 5. The van der Waals surface area contributed by atoms with E-state index in [0.29, 0.717) is 6.07 Å². The first-order valence-corrected chi connectivity index (χ1v) is 9.96. The SMILES string of the molecule is C[C@H](C(=O)Nc1ccc(Cl)c(C(F)(F)F)c1)N(c1ccc(F)cc1)S(C)(=O)=O. The fraction of sp³-hybridized carbons (Fsp3) is 0.235. The molecule has 0 aliphatic carbocycles. The Morgan fingerprint density at radius 1 is 1.14 bits per heavy atom. The second kappa shape index (κ2) is 7.96. The number of anilines is 2. The van der Waals surface area contributed by atoms with Crippen molar-refractivity contribution in [1.82, 2.24) is 0 Å². The summed E-state index contributed by atoms with van der Waals surface area (Å²) in [6.45, 7) is 1.25. The number of nitrogens with zero attached hydrogens (tertiary/aromatic N) is 1. The van der Waals surface area contributed by atoms with Crippen molar-refractivity contribution in [3.63, 3.8) is 0 Å². The van der Waals surface area contributed by atoms with Crippen molar-refractivity contribution in [3.05, 3.63) is 58.9 Å². The summed E-state index contributed by atoms with van der Waals surface area (Å²) in [5.74, 6) is -1.49. The summed E-state index contributed by atoms with van der Waals surface area (Å²) in [5.41, 5.74) is -1.32. The van der Waals surface area contributed by atoms with E-state index in [9.17, 15) is 30.8 Å². The van der Waals surface area contributed by atoms with E-state index < -0.39 is 44.6 Å². The van der Waals surface area contributed by atoms with E-state index >= 15 is 0 Å². The molecule has 1 atom stereocenters. The summed E-state index contributed by atoms with van der Waals surface area (Å²) in [6, 6.07) is 5.83. The van der Waals surface area contributed by atoms with E-state index in [0.717, 1.165) is 34.8 Å². The highest BCUT2D eigenvalue weighted by atomic mass is 35.5. The zero-order valence-corrected chi connectivity index (χ0v) is 16.2. The Balaban J connectivity index is 2.33. The van der Waals surface area contributed by atoms with Crippen molar-refractivity contribution in [2.45, 2.75) is 19.1 Å². The number of benzene rings is 2. The molecule has 0 bridgehead atoms. The molecule has 11 heteroatoms. The minimum Gasteiger partial charge on any atom is -0.324 e. The minimum atomic E-state index is -4.73. The van der Waals surface area contributed by atoms with Crippen LogP contribution in [0.15, 0.2) is 42.5 Å². The summed E-state index contributed by atoms with van der Waals surface area (Å²) in [6.07, 6.45) is -3.87. The average molecular weight is 439 g/mol. The Labute approximate surface area is 164 Å². The van der Waals surface area contributed by atoms with Crippen LogP contribution in [0.2, 0.25) is 5.02 Å². The van der Waals surface area contributed by atoms with Crippen LogP contribution < -0.4 is 9.62 Å². The van der Waals surface area contributed by atoms with Crippen LogP contribution in [0.25, 0.3) is 0 Å². The molecule has 0 spiro atoms. The largest absolute Gasteiger partial charge is 0.417 e. The van der Waals surface area contributed by atoms with Gasteiger partial charge in [0.2, 0.25) is 15.9 Å². The first-order valence-electron chi connectivity index (χ1n) is 7.73. The zero-order valence-electron chi connectivity index (χ0n) is 14.6. The summed E-state index contributed by atoms with van der Waals surface area (Å²) < 4.78 is 77.0. The predicted molar refractivity (Wildman–Crippen MR) is 98.3 cm³/mol. The van der Waals surface area contributed by atoms with E-state index in [1.54, 1.807) is 0 Å². The number of carbonyl (C=O) groups is 1. The Bertz CT molecular complexity index is 979. The van der Waals surface area contributed by atoms with E-state index in [4.69, 9.17) is 11.6 Å². The molecule has 0 saturated heterocycles. The van der Waals surface area contributed by atoms with Gasteiger partial charge in [-0.15, -0.1) is 0 Å². The molecule has 152 valence electrons. The lowest BCUT2D eigenvalue weighted by atomic mass is 10.2. The lowest BCUT2D eigenvalue weighted by molar-refractivity contribution is -0.137. The number of nitrogens with one attached hydrogen (secondary N) is 1. The van der Waals surface area contributed by atoms with Gasteiger partial charge in [0.05, 0.1) is 22.5 Å². The Hall–Kier alpha value is -2.33. The first-order chi connectivity index (χ1) is 12.8.